The monoisotopic (exact) mass is 292 g/mol. The predicted molar refractivity (Wildman–Crippen MR) is 81.1 cm³/mol. The highest BCUT2D eigenvalue weighted by atomic mass is 16.5. The normalized spacial score (nSPS) is 18.5. The maximum atomic E-state index is 11.9. The van der Waals surface area contributed by atoms with Gasteiger partial charge in [0.2, 0.25) is 0 Å². The minimum atomic E-state index is -0.418. The molecule has 21 heavy (non-hydrogen) atoms. The van der Waals surface area contributed by atoms with Gasteiger partial charge in [0.1, 0.15) is 0 Å². The van der Waals surface area contributed by atoms with Crippen LogP contribution in [0.25, 0.3) is 0 Å². The summed E-state index contributed by atoms with van der Waals surface area (Å²) < 4.78 is 10.9. The smallest absolute Gasteiger partial charge is 0.315 e. The molecule has 116 valence electrons. The molecule has 0 bridgehead atoms. The molecule has 1 aliphatic heterocycles. The van der Waals surface area contributed by atoms with Crippen molar-refractivity contribution in [2.24, 2.45) is 0 Å². The molecule has 1 saturated heterocycles. The van der Waals surface area contributed by atoms with Crippen molar-refractivity contribution in [1.82, 2.24) is 10.6 Å². The van der Waals surface area contributed by atoms with Gasteiger partial charge < -0.3 is 20.1 Å². The first-order valence-corrected chi connectivity index (χ1v) is 7.33. The lowest BCUT2D eigenvalue weighted by Crippen LogP contribution is -2.53. The van der Waals surface area contributed by atoms with Crippen molar-refractivity contribution in [3.63, 3.8) is 0 Å². The molecule has 0 aromatic heterocycles. The second-order valence-corrected chi connectivity index (χ2v) is 6.02. The fraction of sp³-hybridized carbons (Fsp3) is 0.562. The minimum Gasteiger partial charge on any atom is -0.379 e. The van der Waals surface area contributed by atoms with Gasteiger partial charge >= 0.3 is 6.03 Å². The minimum absolute atomic E-state index is 0.117. The van der Waals surface area contributed by atoms with E-state index in [0.29, 0.717) is 26.4 Å². The van der Waals surface area contributed by atoms with Crippen LogP contribution in [0.5, 0.6) is 0 Å². The summed E-state index contributed by atoms with van der Waals surface area (Å²) in [7, 11) is 0. The number of urea groups is 1. The van der Waals surface area contributed by atoms with Gasteiger partial charge in [0.15, 0.2) is 0 Å². The van der Waals surface area contributed by atoms with E-state index in [0.717, 1.165) is 12.0 Å². The van der Waals surface area contributed by atoms with Gasteiger partial charge in [0.05, 0.1) is 31.4 Å². The van der Waals surface area contributed by atoms with E-state index in [1.54, 1.807) is 0 Å². The third kappa shape index (κ3) is 5.73. The number of amides is 2. The molecule has 1 heterocycles. The maximum Gasteiger partial charge on any atom is 0.315 e. The van der Waals surface area contributed by atoms with Crippen molar-refractivity contribution < 1.29 is 14.3 Å². The Morgan fingerprint density at radius 1 is 1.38 bits per heavy atom. The molecule has 5 nitrogen and oxygen atoms in total. The summed E-state index contributed by atoms with van der Waals surface area (Å²) in [6.45, 7) is 6.21. The SMILES string of the molecule is CC(C)(COCc1ccccc1)NC(=O)NC1CCOC1. The molecule has 2 amide bonds. The molecule has 2 rings (SSSR count). The van der Waals surface area contributed by atoms with E-state index >= 15 is 0 Å². The van der Waals surface area contributed by atoms with Crippen molar-refractivity contribution in [2.75, 3.05) is 19.8 Å². The van der Waals surface area contributed by atoms with Crippen molar-refractivity contribution in [3.8, 4) is 0 Å². The first-order chi connectivity index (χ1) is 10.1. The van der Waals surface area contributed by atoms with Crippen LogP contribution >= 0.6 is 0 Å². The Balaban J connectivity index is 1.69. The lowest BCUT2D eigenvalue weighted by molar-refractivity contribution is 0.0741. The fourth-order valence-electron chi connectivity index (χ4n) is 2.21. The third-order valence-electron chi connectivity index (χ3n) is 3.29. The van der Waals surface area contributed by atoms with Crippen molar-refractivity contribution in [2.45, 2.75) is 38.5 Å². The van der Waals surface area contributed by atoms with E-state index in [4.69, 9.17) is 9.47 Å². The number of benzene rings is 1. The van der Waals surface area contributed by atoms with Crippen LogP contribution in [-0.4, -0.2) is 37.4 Å². The van der Waals surface area contributed by atoms with Gasteiger partial charge in [0, 0.05) is 6.61 Å². The number of nitrogens with one attached hydrogen (secondary N) is 2. The molecular weight excluding hydrogens is 268 g/mol. The zero-order chi connectivity index (χ0) is 15.1. The molecule has 5 heteroatoms. The molecule has 1 unspecified atom stereocenters. The van der Waals surface area contributed by atoms with Gasteiger partial charge in [-0.1, -0.05) is 30.3 Å². The van der Waals surface area contributed by atoms with Crippen LogP contribution in [0.3, 0.4) is 0 Å². The summed E-state index contributed by atoms with van der Waals surface area (Å²) >= 11 is 0. The maximum absolute atomic E-state index is 11.9. The van der Waals surface area contributed by atoms with Crippen LogP contribution in [-0.2, 0) is 16.1 Å². The Morgan fingerprint density at radius 3 is 2.81 bits per heavy atom. The average Bonchev–Trinajstić information content (AvgIpc) is 2.91. The van der Waals surface area contributed by atoms with Crippen LogP contribution in [0.4, 0.5) is 4.79 Å². The molecule has 0 spiro atoms. The van der Waals surface area contributed by atoms with Crippen molar-refractivity contribution in [3.05, 3.63) is 35.9 Å². The van der Waals surface area contributed by atoms with Gasteiger partial charge in [-0.15, -0.1) is 0 Å². The van der Waals surface area contributed by atoms with E-state index in [-0.39, 0.29) is 12.1 Å². The zero-order valence-electron chi connectivity index (χ0n) is 12.7. The summed E-state index contributed by atoms with van der Waals surface area (Å²) in [6, 6.07) is 9.94. The molecule has 1 aromatic rings. The standard InChI is InChI=1S/C16H24N2O3/c1-16(2,12-21-10-13-6-4-3-5-7-13)18-15(19)17-14-8-9-20-11-14/h3-7,14H,8-12H2,1-2H3,(H2,17,18,19). The largest absolute Gasteiger partial charge is 0.379 e. The Labute approximate surface area is 126 Å². The molecule has 1 fully saturated rings. The lowest BCUT2D eigenvalue weighted by atomic mass is 10.1. The number of ether oxygens (including phenoxy) is 2. The first-order valence-electron chi connectivity index (χ1n) is 7.33. The molecule has 1 aliphatic rings. The topological polar surface area (TPSA) is 59.6 Å². The zero-order valence-corrected chi connectivity index (χ0v) is 12.7. The summed E-state index contributed by atoms with van der Waals surface area (Å²) in [5.41, 5.74) is 0.707. The summed E-state index contributed by atoms with van der Waals surface area (Å²) in [5.74, 6) is 0. The first kappa shape index (κ1) is 15.8. The lowest BCUT2D eigenvalue weighted by Gasteiger charge is -2.27. The van der Waals surface area contributed by atoms with Gasteiger partial charge in [-0.2, -0.15) is 0 Å². The van der Waals surface area contributed by atoms with E-state index in [2.05, 4.69) is 10.6 Å². The third-order valence-corrected chi connectivity index (χ3v) is 3.29. The Morgan fingerprint density at radius 2 is 2.14 bits per heavy atom. The second kappa shape index (κ2) is 7.43. The number of rotatable bonds is 6. The van der Waals surface area contributed by atoms with Gasteiger partial charge in [0.25, 0.3) is 0 Å². The summed E-state index contributed by atoms with van der Waals surface area (Å²) in [5, 5.41) is 5.85. The Hall–Kier alpha value is -1.59. The number of hydrogen-bond donors (Lipinski definition) is 2. The van der Waals surface area contributed by atoms with E-state index in [1.807, 2.05) is 44.2 Å². The summed E-state index contributed by atoms with van der Waals surface area (Å²) in [6.07, 6.45) is 0.873. The molecule has 0 aliphatic carbocycles. The molecule has 0 saturated carbocycles. The number of hydrogen-bond acceptors (Lipinski definition) is 3. The highest BCUT2D eigenvalue weighted by molar-refractivity contribution is 5.75. The molecule has 1 atom stereocenters. The molecule has 1 aromatic carbocycles. The van der Waals surface area contributed by atoms with E-state index < -0.39 is 5.54 Å². The van der Waals surface area contributed by atoms with Crippen LogP contribution < -0.4 is 10.6 Å². The fourth-order valence-corrected chi connectivity index (χ4v) is 2.21. The predicted octanol–water partition coefficient (Wildman–Crippen LogP) is 2.07. The van der Waals surface area contributed by atoms with Crippen LogP contribution in [0.15, 0.2) is 30.3 Å². The number of carbonyl (C=O) groups is 1. The van der Waals surface area contributed by atoms with Crippen LogP contribution in [0, 0.1) is 0 Å². The second-order valence-electron chi connectivity index (χ2n) is 6.02. The van der Waals surface area contributed by atoms with Gasteiger partial charge in [-0.25, -0.2) is 4.79 Å². The van der Waals surface area contributed by atoms with Crippen LogP contribution in [0.1, 0.15) is 25.8 Å². The highest BCUT2D eigenvalue weighted by Gasteiger charge is 2.23. The van der Waals surface area contributed by atoms with Gasteiger partial charge in [-0.05, 0) is 25.8 Å². The average molecular weight is 292 g/mol. The van der Waals surface area contributed by atoms with E-state index in [1.165, 1.54) is 0 Å². The molecule has 0 radical (unpaired) electrons. The number of carbonyl (C=O) groups excluding carboxylic acids is 1. The highest BCUT2D eigenvalue weighted by Crippen LogP contribution is 2.08. The molecule has 2 N–H and O–H groups in total. The Kier molecular flexibility index (Phi) is 5.59. The van der Waals surface area contributed by atoms with E-state index in [9.17, 15) is 4.79 Å². The Bertz CT molecular complexity index is 442. The van der Waals surface area contributed by atoms with Gasteiger partial charge in [-0.3, -0.25) is 0 Å². The van der Waals surface area contributed by atoms with Crippen LogP contribution in [0.2, 0.25) is 0 Å². The summed E-state index contributed by atoms with van der Waals surface area (Å²) in [4.78, 5) is 11.9. The molecular formula is C16H24N2O3. The quantitative estimate of drug-likeness (QED) is 0.844. The van der Waals surface area contributed by atoms with Crippen molar-refractivity contribution in [1.29, 1.82) is 0 Å². The van der Waals surface area contributed by atoms with Crippen molar-refractivity contribution >= 4 is 6.03 Å².